The molecule has 0 spiro atoms. The van der Waals surface area contributed by atoms with Crippen LogP contribution in [0.3, 0.4) is 0 Å². The minimum absolute atomic E-state index is 0.00953. The topological polar surface area (TPSA) is 110 Å². The van der Waals surface area contributed by atoms with Crippen molar-refractivity contribution in [2.45, 2.75) is 65.0 Å². The molecule has 1 heterocycles. The van der Waals surface area contributed by atoms with Crippen molar-refractivity contribution in [3.63, 3.8) is 0 Å². The summed E-state index contributed by atoms with van der Waals surface area (Å²) in [4.78, 5) is 24.9. The van der Waals surface area contributed by atoms with Crippen molar-refractivity contribution in [2.75, 3.05) is 11.5 Å². The molecule has 7 nitrogen and oxygen atoms in total. The van der Waals surface area contributed by atoms with Crippen molar-refractivity contribution in [1.82, 2.24) is 5.32 Å². The number of carbonyl (C=O) groups excluding carboxylic acids is 2. The van der Waals surface area contributed by atoms with Crippen LogP contribution in [0.1, 0.15) is 74.4 Å². The molecule has 2 rings (SSSR count). The van der Waals surface area contributed by atoms with E-state index < -0.39 is 33.9 Å². The van der Waals surface area contributed by atoms with Gasteiger partial charge in [-0.3, -0.25) is 4.79 Å². The lowest BCUT2D eigenvalue weighted by Crippen LogP contribution is -2.42. The second-order valence-electron chi connectivity index (χ2n) is 7.97. The lowest BCUT2D eigenvalue weighted by Gasteiger charge is -2.19. The van der Waals surface area contributed by atoms with Gasteiger partial charge in [0.1, 0.15) is 11.3 Å². The molecule has 0 aliphatic carbocycles. The predicted molar refractivity (Wildman–Crippen MR) is 106 cm³/mol. The summed E-state index contributed by atoms with van der Waals surface area (Å²) in [5, 5.41) is 13.1. The van der Waals surface area contributed by atoms with E-state index in [1.165, 1.54) is 6.92 Å². The summed E-state index contributed by atoms with van der Waals surface area (Å²) in [5.41, 5.74) is 1.56. The van der Waals surface area contributed by atoms with Crippen molar-refractivity contribution >= 4 is 21.7 Å². The minimum atomic E-state index is -3.12. The van der Waals surface area contributed by atoms with E-state index in [4.69, 9.17) is 4.74 Å². The van der Waals surface area contributed by atoms with Gasteiger partial charge in [-0.05, 0) is 42.4 Å². The van der Waals surface area contributed by atoms with E-state index in [2.05, 4.69) is 5.32 Å². The Hall–Kier alpha value is -2.09. The Kier molecular flexibility index (Phi) is 6.75. The molecule has 156 valence electrons. The van der Waals surface area contributed by atoms with Crippen molar-refractivity contribution in [3.05, 3.63) is 28.8 Å². The summed E-state index contributed by atoms with van der Waals surface area (Å²) in [6.45, 7) is 9.22. The van der Waals surface area contributed by atoms with Crippen molar-refractivity contribution < 1.29 is 27.9 Å². The Bertz CT molecular complexity index is 860. The van der Waals surface area contributed by atoms with Crippen LogP contribution in [0.5, 0.6) is 5.75 Å². The molecule has 0 radical (unpaired) electrons. The van der Waals surface area contributed by atoms with Gasteiger partial charge < -0.3 is 15.2 Å². The molecule has 28 heavy (non-hydrogen) atoms. The smallest absolute Gasteiger partial charge is 0.342 e. The highest BCUT2D eigenvalue weighted by molar-refractivity contribution is 7.91. The molecule has 1 saturated heterocycles. The molecular weight excluding hydrogens is 382 g/mol. The number of hydrogen-bond acceptors (Lipinski definition) is 6. The van der Waals surface area contributed by atoms with E-state index >= 15 is 0 Å². The maximum Gasteiger partial charge on any atom is 0.342 e. The number of rotatable bonds is 6. The van der Waals surface area contributed by atoms with Gasteiger partial charge >= 0.3 is 5.97 Å². The van der Waals surface area contributed by atoms with E-state index in [1.54, 1.807) is 6.07 Å². The van der Waals surface area contributed by atoms with Crippen molar-refractivity contribution in [1.29, 1.82) is 0 Å². The molecule has 0 unspecified atom stereocenters. The molecule has 8 heteroatoms. The molecule has 0 aromatic heterocycles. The predicted octanol–water partition coefficient (Wildman–Crippen LogP) is 2.49. The Balaban J connectivity index is 2.14. The van der Waals surface area contributed by atoms with E-state index in [-0.39, 0.29) is 34.7 Å². The Morgan fingerprint density at radius 2 is 1.79 bits per heavy atom. The van der Waals surface area contributed by atoms with Gasteiger partial charge in [0.25, 0.3) is 5.91 Å². The van der Waals surface area contributed by atoms with E-state index in [0.29, 0.717) is 12.0 Å². The lowest BCUT2D eigenvalue weighted by molar-refractivity contribution is -0.129. The third-order valence-corrected chi connectivity index (χ3v) is 6.67. The number of phenols is 1. The van der Waals surface area contributed by atoms with Crippen LogP contribution in [0, 0.1) is 0 Å². The summed E-state index contributed by atoms with van der Waals surface area (Å²) < 4.78 is 28.3. The number of ether oxygens (including phenoxy) is 1. The zero-order valence-corrected chi connectivity index (χ0v) is 17.8. The minimum Gasteiger partial charge on any atom is -0.507 e. The van der Waals surface area contributed by atoms with Crippen molar-refractivity contribution in [3.8, 4) is 5.75 Å². The van der Waals surface area contributed by atoms with Gasteiger partial charge in [0.05, 0.1) is 11.5 Å². The number of benzene rings is 1. The highest BCUT2D eigenvalue weighted by atomic mass is 32.2. The number of hydrogen-bond donors (Lipinski definition) is 2. The first kappa shape index (κ1) is 22.2. The fourth-order valence-electron chi connectivity index (χ4n) is 3.11. The zero-order chi connectivity index (χ0) is 21.2. The van der Waals surface area contributed by atoms with Gasteiger partial charge in [-0.1, -0.05) is 33.8 Å². The Labute approximate surface area is 166 Å². The second-order valence-corrected chi connectivity index (χ2v) is 10.2. The van der Waals surface area contributed by atoms with Crippen LogP contribution in [0.2, 0.25) is 0 Å². The largest absolute Gasteiger partial charge is 0.507 e. The van der Waals surface area contributed by atoms with Crippen LogP contribution in [-0.2, 0) is 19.4 Å². The third kappa shape index (κ3) is 5.25. The highest BCUT2D eigenvalue weighted by Crippen LogP contribution is 2.33. The number of sulfone groups is 1. The first-order chi connectivity index (χ1) is 12.9. The Morgan fingerprint density at radius 1 is 1.14 bits per heavy atom. The van der Waals surface area contributed by atoms with Gasteiger partial charge in [0.15, 0.2) is 15.9 Å². The number of nitrogens with one attached hydrogen (secondary N) is 1. The van der Waals surface area contributed by atoms with Crippen LogP contribution in [0.25, 0.3) is 0 Å². The molecule has 2 N–H and O–H groups in total. The molecule has 1 amide bonds. The quantitative estimate of drug-likeness (QED) is 0.696. The molecule has 1 aromatic carbocycles. The first-order valence-electron chi connectivity index (χ1n) is 9.50. The summed E-state index contributed by atoms with van der Waals surface area (Å²) in [5.74, 6) is -1.39. The van der Waals surface area contributed by atoms with E-state index in [0.717, 1.165) is 5.56 Å². The SMILES string of the molecule is CC(C)c1cc(C(=O)O[C@@H](C)C(=O)N[C@@H]2CCS(=O)(=O)C2)c(O)c(C(C)C)c1. The van der Waals surface area contributed by atoms with E-state index in [9.17, 15) is 23.1 Å². The number of phenolic OH excluding ortho intramolecular Hbond substituents is 1. The summed E-state index contributed by atoms with van der Waals surface area (Å²) >= 11 is 0. The van der Waals surface area contributed by atoms with Crippen LogP contribution >= 0.6 is 0 Å². The van der Waals surface area contributed by atoms with Gasteiger partial charge in [-0.2, -0.15) is 0 Å². The third-order valence-electron chi connectivity index (χ3n) is 4.90. The summed E-state index contributed by atoms with van der Waals surface area (Å²) in [6.07, 6.45) is -0.760. The number of esters is 1. The fraction of sp³-hybridized carbons (Fsp3) is 0.600. The average Bonchev–Trinajstić information content (AvgIpc) is 2.92. The molecule has 1 aliphatic rings. The normalized spacial score (nSPS) is 19.6. The second kappa shape index (κ2) is 8.51. The van der Waals surface area contributed by atoms with Crippen LogP contribution < -0.4 is 5.32 Å². The Morgan fingerprint density at radius 3 is 2.29 bits per heavy atom. The van der Waals surface area contributed by atoms with Gasteiger partial charge in [0, 0.05) is 6.04 Å². The molecule has 1 aliphatic heterocycles. The molecule has 0 saturated carbocycles. The van der Waals surface area contributed by atoms with Gasteiger partial charge in [-0.25, -0.2) is 13.2 Å². The number of carbonyl (C=O) groups is 2. The standard InChI is InChI=1S/C20H29NO6S/c1-11(2)14-8-16(12(3)4)18(22)17(9-14)20(24)27-13(5)19(23)21-15-6-7-28(25,26)10-15/h8-9,11-13,15,22H,6-7,10H2,1-5H3,(H,21,23)/t13-,15+/m0/s1. The van der Waals surface area contributed by atoms with Crippen molar-refractivity contribution in [2.24, 2.45) is 0 Å². The lowest BCUT2D eigenvalue weighted by atomic mass is 9.92. The number of amides is 1. The summed E-state index contributed by atoms with van der Waals surface area (Å²) in [7, 11) is -3.12. The van der Waals surface area contributed by atoms with Crippen LogP contribution in [0.15, 0.2) is 12.1 Å². The zero-order valence-electron chi connectivity index (χ0n) is 17.0. The monoisotopic (exact) mass is 411 g/mol. The van der Waals surface area contributed by atoms with Gasteiger partial charge in [-0.15, -0.1) is 0 Å². The van der Waals surface area contributed by atoms with Crippen LogP contribution in [-0.4, -0.2) is 49.1 Å². The molecule has 0 bridgehead atoms. The molecular formula is C20H29NO6S. The van der Waals surface area contributed by atoms with E-state index in [1.807, 2.05) is 33.8 Å². The number of aromatic hydroxyl groups is 1. The maximum absolute atomic E-state index is 12.6. The summed E-state index contributed by atoms with van der Waals surface area (Å²) in [6, 6.07) is 2.99. The van der Waals surface area contributed by atoms with Gasteiger partial charge in [0.2, 0.25) is 0 Å². The maximum atomic E-state index is 12.6. The fourth-order valence-corrected chi connectivity index (χ4v) is 4.79. The average molecular weight is 412 g/mol. The molecule has 2 atom stereocenters. The molecule has 1 fully saturated rings. The van der Waals surface area contributed by atoms with Crippen LogP contribution in [0.4, 0.5) is 0 Å². The highest BCUT2D eigenvalue weighted by Gasteiger charge is 2.31. The molecule has 1 aromatic rings. The first-order valence-corrected chi connectivity index (χ1v) is 11.3.